The summed E-state index contributed by atoms with van der Waals surface area (Å²) in [5.74, 6) is 0.402. The van der Waals surface area contributed by atoms with Gasteiger partial charge in [0.2, 0.25) is 10.0 Å². The molecule has 1 aliphatic heterocycles. The van der Waals surface area contributed by atoms with Crippen LogP contribution in [0.5, 0.6) is 0 Å². The van der Waals surface area contributed by atoms with E-state index in [2.05, 4.69) is 0 Å². The molecule has 0 atom stereocenters. The molecular weight excluding hydrogens is 418 g/mol. The number of piperidine rings is 1. The van der Waals surface area contributed by atoms with Crippen molar-refractivity contribution in [3.63, 3.8) is 0 Å². The topological polar surface area (TPSA) is 71.5 Å². The van der Waals surface area contributed by atoms with Crippen LogP contribution in [-0.2, 0) is 24.6 Å². The second-order valence-electron chi connectivity index (χ2n) is 8.58. The van der Waals surface area contributed by atoms with Crippen molar-refractivity contribution in [2.24, 2.45) is 5.92 Å². The second-order valence-corrected chi connectivity index (χ2v) is 12.9. The van der Waals surface area contributed by atoms with Crippen LogP contribution in [0.4, 0.5) is 0 Å². The summed E-state index contributed by atoms with van der Waals surface area (Å²) in [6.45, 7) is 6.31. The van der Waals surface area contributed by atoms with Crippen LogP contribution in [0.2, 0.25) is 0 Å². The molecule has 0 radical (unpaired) electrons. The molecule has 5 nitrogen and oxygen atoms in total. The van der Waals surface area contributed by atoms with Crippen molar-refractivity contribution in [1.29, 1.82) is 0 Å². The molecule has 0 aromatic heterocycles. The molecule has 0 N–H and O–H groups in total. The molecule has 1 heterocycles. The maximum atomic E-state index is 13.5. The van der Waals surface area contributed by atoms with Crippen LogP contribution in [-0.4, -0.2) is 40.0 Å². The van der Waals surface area contributed by atoms with Crippen molar-refractivity contribution >= 4 is 19.9 Å². The molecule has 1 saturated heterocycles. The summed E-state index contributed by atoms with van der Waals surface area (Å²) in [4.78, 5) is 0.253. The van der Waals surface area contributed by atoms with E-state index in [-0.39, 0.29) is 42.5 Å². The lowest BCUT2D eigenvalue weighted by Gasteiger charge is -2.41. The lowest BCUT2D eigenvalue weighted by atomic mass is 9.89. The number of hydrogen-bond donors (Lipinski definition) is 0. The van der Waals surface area contributed by atoms with Crippen molar-refractivity contribution in [3.05, 3.63) is 65.7 Å². The zero-order valence-corrected chi connectivity index (χ0v) is 19.5. The molecule has 2 aromatic rings. The standard InChI is InChI=1S/C23H31NO4S2/c1-19(2)13-18-29(25,26)23(21-7-5-4-6-8-21)14-16-24(17-15-23)30(27,28)22-11-9-20(3)10-12-22/h4-12,19H,13-18H2,1-3H3. The van der Waals surface area contributed by atoms with E-state index in [0.717, 1.165) is 11.1 Å². The summed E-state index contributed by atoms with van der Waals surface area (Å²) in [5, 5.41) is 0. The summed E-state index contributed by atoms with van der Waals surface area (Å²) < 4.78 is 53.6. The third kappa shape index (κ3) is 4.48. The van der Waals surface area contributed by atoms with Gasteiger partial charge in [-0.05, 0) is 49.8 Å². The predicted molar refractivity (Wildman–Crippen MR) is 121 cm³/mol. The highest BCUT2D eigenvalue weighted by Gasteiger charge is 2.48. The Bertz CT molecular complexity index is 1050. The third-order valence-corrected chi connectivity index (χ3v) is 10.6. The summed E-state index contributed by atoms with van der Waals surface area (Å²) >= 11 is 0. The summed E-state index contributed by atoms with van der Waals surface area (Å²) in [7, 11) is -7.10. The van der Waals surface area contributed by atoms with Gasteiger partial charge in [-0.1, -0.05) is 61.9 Å². The number of sulfonamides is 1. The molecule has 30 heavy (non-hydrogen) atoms. The number of sulfone groups is 1. The highest BCUT2D eigenvalue weighted by atomic mass is 32.2. The van der Waals surface area contributed by atoms with E-state index >= 15 is 0 Å². The van der Waals surface area contributed by atoms with Crippen LogP contribution in [0, 0.1) is 12.8 Å². The van der Waals surface area contributed by atoms with E-state index in [1.165, 1.54) is 4.31 Å². The Morgan fingerprint density at radius 1 is 0.900 bits per heavy atom. The molecule has 2 aromatic carbocycles. The molecule has 1 fully saturated rings. The fraction of sp³-hybridized carbons (Fsp3) is 0.478. The summed E-state index contributed by atoms with van der Waals surface area (Å²) in [6, 6.07) is 16.1. The van der Waals surface area contributed by atoms with Gasteiger partial charge in [0.25, 0.3) is 0 Å². The second kappa shape index (κ2) is 8.81. The predicted octanol–water partition coefficient (Wildman–Crippen LogP) is 4.14. The van der Waals surface area contributed by atoms with Crippen LogP contribution in [0.1, 0.15) is 44.2 Å². The van der Waals surface area contributed by atoms with Gasteiger partial charge in [0.15, 0.2) is 9.84 Å². The highest BCUT2D eigenvalue weighted by molar-refractivity contribution is 7.92. The highest BCUT2D eigenvalue weighted by Crippen LogP contribution is 2.42. The van der Waals surface area contributed by atoms with Crippen molar-refractivity contribution < 1.29 is 16.8 Å². The van der Waals surface area contributed by atoms with Gasteiger partial charge in [-0.25, -0.2) is 16.8 Å². The first-order valence-electron chi connectivity index (χ1n) is 10.4. The SMILES string of the molecule is Cc1ccc(S(=O)(=O)N2CCC(c3ccccc3)(S(=O)(=O)CCC(C)C)CC2)cc1. The largest absolute Gasteiger partial charge is 0.243 e. The van der Waals surface area contributed by atoms with Gasteiger partial charge < -0.3 is 0 Å². The van der Waals surface area contributed by atoms with Crippen LogP contribution < -0.4 is 0 Å². The third-order valence-electron chi connectivity index (χ3n) is 6.05. The van der Waals surface area contributed by atoms with Crippen molar-refractivity contribution in [3.8, 4) is 0 Å². The van der Waals surface area contributed by atoms with E-state index in [1.54, 1.807) is 24.3 Å². The molecule has 0 saturated carbocycles. The van der Waals surface area contributed by atoms with E-state index in [0.29, 0.717) is 6.42 Å². The van der Waals surface area contributed by atoms with Gasteiger partial charge >= 0.3 is 0 Å². The number of benzene rings is 2. The van der Waals surface area contributed by atoms with Crippen molar-refractivity contribution in [1.82, 2.24) is 4.31 Å². The fourth-order valence-electron chi connectivity index (χ4n) is 4.05. The van der Waals surface area contributed by atoms with E-state index in [1.807, 2.05) is 51.1 Å². The van der Waals surface area contributed by atoms with Crippen LogP contribution >= 0.6 is 0 Å². The minimum atomic E-state index is -3.64. The molecule has 0 unspecified atom stereocenters. The van der Waals surface area contributed by atoms with Gasteiger partial charge in [0, 0.05) is 13.1 Å². The molecule has 1 aliphatic rings. The Labute approximate surface area is 181 Å². The molecule has 164 valence electrons. The maximum Gasteiger partial charge on any atom is 0.243 e. The lowest BCUT2D eigenvalue weighted by molar-refractivity contribution is 0.289. The Morgan fingerprint density at radius 3 is 2.00 bits per heavy atom. The van der Waals surface area contributed by atoms with Crippen LogP contribution in [0.15, 0.2) is 59.5 Å². The van der Waals surface area contributed by atoms with E-state index in [9.17, 15) is 16.8 Å². The normalized spacial score (nSPS) is 17.9. The van der Waals surface area contributed by atoms with Gasteiger partial charge in [0.1, 0.15) is 0 Å². The summed E-state index contributed by atoms with van der Waals surface area (Å²) in [5.41, 5.74) is 1.76. The molecular formula is C23H31NO4S2. The maximum absolute atomic E-state index is 13.5. The van der Waals surface area contributed by atoms with Crippen LogP contribution in [0.3, 0.4) is 0 Å². The Kier molecular flexibility index (Phi) is 6.75. The molecule has 0 spiro atoms. The van der Waals surface area contributed by atoms with Crippen LogP contribution in [0.25, 0.3) is 0 Å². The lowest BCUT2D eigenvalue weighted by Crippen LogP contribution is -2.49. The van der Waals surface area contributed by atoms with Gasteiger partial charge in [-0.3, -0.25) is 0 Å². The molecule has 0 amide bonds. The Morgan fingerprint density at radius 2 is 1.47 bits per heavy atom. The Balaban J connectivity index is 1.91. The fourth-order valence-corrected chi connectivity index (χ4v) is 7.97. The minimum absolute atomic E-state index is 0.115. The summed E-state index contributed by atoms with van der Waals surface area (Å²) in [6.07, 6.45) is 1.13. The number of nitrogens with zero attached hydrogens (tertiary/aromatic N) is 1. The first-order valence-corrected chi connectivity index (χ1v) is 13.5. The number of hydrogen-bond acceptors (Lipinski definition) is 4. The smallest absolute Gasteiger partial charge is 0.228 e. The van der Waals surface area contributed by atoms with Gasteiger partial charge in [-0.2, -0.15) is 4.31 Å². The first-order chi connectivity index (χ1) is 14.1. The molecule has 0 aliphatic carbocycles. The monoisotopic (exact) mass is 449 g/mol. The van der Waals surface area contributed by atoms with E-state index < -0.39 is 24.6 Å². The van der Waals surface area contributed by atoms with Crippen molar-refractivity contribution in [2.45, 2.75) is 49.7 Å². The zero-order valence-electron chi connectivity index (χ0n) is 17.9. The number of aryl methyl sites for hydroxylation is 1. The Hall–Kier alpha value is -1.70. The van der Waals surface area contributed by atoms with Crippen molar-refractivity contribution in [2.75, 3.05) is 18.8 Å². The molecule has 7 heteroatoms. The minimum Gasteiger partial charge on any atom is -0.228 e. The molecule has 3 rings (SSSR count). The zero-order chi connectivity index (χ0) is 22.0. The molecule has 0 bridgehead atoms. The number of rotatable bonds is 7. The average Bonchev–Trinajstić information content (AvgIpc) is 2.73. The van der Waals surface area contributed by atoms with Gasteiger partial charge in [0.05, 0.1) is 15.4 Å². The van der Waals surface area contributed by atoms with E-state index in [4.69, 9.17) is 0 Å². The van der Waals surface area contributed by atoms with Gasteiger partial charge in [-0.15, -0.1) is 0 Å². The average molecular weight is 450 g/mol. The quantitative estimate of drug-likeness (QED) is 0.637. The first kappa shape index (κ1) is 23.0.